The molecule has 1 atom stereocenters. The van der Waals surface area contributed by atoms with Gasteiger partial charge in [-0.3, -0.25) is 0 Å². The third-order valence-corrected chi connectivity index (χ3v) is 4.16. The molecule has 2 aromatic carbocycles. The molecule has 0 saturated heterocycles. The predicted octanol–water partition coefficient (Wildman–Crippen LogP) is 4.98. The summed E-state index contributed by atoms with van der Waals surface area (Å²) < 4.78 is 5.31. The summed E-state index contributed by atoms with van der Waals surface area (Å²) >= 11 is 5.89. The van der Waals surface area contributed by atoms with E-state index in [4.69, 9.17) is 16.1 Å². The second-order valence-corrected chi connectivity index (χ2v) is 6.35. The number of urea groups is 1. The molecule has 26 heavy (non-hydrogen) atoms. The van der Waals surface area contributed by atoms with Crippen molar-refractivity contribution in [2.75, 3.05) is 5.32 Å². The standard InChI is InChI=1S/C19H19ClN4O2/c1-3-12(2)21-19(25)22-16-10-6-13(7-11-16)17-23-18(26-24-17)14-4-8-15(20)9-5-14/h4-12H,3H2,1-2H3,(H2,21,22,25)/t12-/m0/s1. The molecule has 0 saturated carbocycles. The van der Waals surface area contributed by atoms with Gasteiger partial charge in [0.25, 0.3) is 5.89 Å². The third-order valence-electron chi connectivity index (χ3n) is 3.91. The van der Waals surface area contributed by atoms with Crippen LogP contribution in [0.3, 0.4) is 0 Å². The Morgan fingerprint density at radius 3 is 2.42 bits per heavy atom. The zero-order valence-electron chi connectivity index (χ0n) is 14.5. The summed E-state index contributed by atoms with van der Waals surface area (Å²) in [7, 11) is 0. The molecule has 6 nitrogen and oxygen atoms in total. The van der Waals surface area contributed by atoms with Crippen LogP contribution in [0.25, 0.3) is 22.8 Å². The van der Waals surface area contributed by atoms with Crippen LogP contribution in [-0.4, -0.2) is 22.2 Å². The van der Waals surface area contributed by atoms with Gasteiger partial charge in [0.1, 0.15) is 0 Å². The average molecular weight is 371 g/mol. The minimum atomic E-state index is -0.225. The summed E-state index contributed by atoms with van der Waals surface area (Å²) in [5.41, 5.74) is 2.28. The summed E-state index contributed by atoms with van der Waals surface area (Å²) in [5, 5.41) is 10.3. The molecule has 0 aliphatic rings. The van der Waals surface area contributed by atoms with E-state index in [2.05, 4.69) is 20.8 Å². The summed E-state index contributed by atoms with van der Waals surface area (Å²) in [6.45, 7) is 3.97. The van der Waals surface area contributed by atoms with Crippen molar-refractivity contribution in [2.24, 2.45) is 0 Å². The Labute approximate surface area is 156 Å². The van der Waals surface area contributed by atoms with Crippen LogP contribution in [0.4, 0.5) is 10.5 Å². The number of hydrogen-bond donors (Lipinski definition) is 2. The van der Waals surface area contributed by atoms with Gasteiger partial charge in [0.2, 0.25) is 5.82 Å². The first-order chi connectivity index (χ1) is 12.5. The summed E-state index contributed by atoms with van der Waals surface area (Å²) in [4.78, 5) is 16.3. The van der Waals surface area contributed by atoms with E-state index >= 15 is 0 Å². The summed E-state index contributed by atoms with van der Waals surface area (Å²) in [6, 6.07) is 14.3. The molecule has 2 N–H and O–H groups in total. The largest absolute Gasteiger partial charge is 0.335 e. The molecule has 2 amide bonds. The fourth-order valence-electron chi connectivity index (χ4n) is 2.25. The van der Waals surface area contributed by atoms with Crippen LogP contribution in [0.5, 0.6) is 0 Å². The van der Waals surface area contributed by atoms with Gasteiger partial charge >= 0.3 is 6.03 Å². The summed E-state index contributed by atoms with van der Waals surface area (Å²) in [5.74, 6) is 0.900. The van der Waals surface area contributed by atoms with Crippen molar-refractivity contribution in [1.29, 1.82) is 0 Å². The van der Waals surface area contributed by atoms with Gasteiger partial charge in [0.15, 0.2) is 0 Å². The molecule has 3 rings (SSSR count). The maximum Gasteiger partial charge on any atom is 0.319 e. The zero-order valence-corrected chi connectivity index (χ0v) is 15.2. The topological polar surface area (TPSA) is 80.0 Å². The van der Waals surface area contributed by atoms with Crippen molar-refractivity contribution in [3.8, 4) is 22.8 Å². The van der Waals surface area contributed by atoms with E-state index in [0.717, 1.165) is 17.5 Å². The highest BCUT2D eigenvalue weighted by molar-refractivity contribution is 6.30. The van der Waals surface area contributed by atoms with Crippen molar-refractivity contribution in [2.45, 2.75) is 26.3 Å². The van der Waals surface area contributed by atoms with Crippen molar-refractivity contribution < 1.29 is 9.32 Å². The number of carbonyl (C=O) groups excluding carboxylic acids is 1. The van der Waals surface area contributed by atoms with E-state index in [1.807, 2.05) is 38.1 Å². The minimum absolute atomic E-state index is 0.125. The van der Waals surface area contributed by atoms with Crippen LogP contribution in [0.2, 0.25) is 5.02 Å². The third kappa shape index (κ3) is 4.40. The second kappa shape index (κ2) is 8.01. The molecule has 0 radical (unpaired) electrons. The molecule has 0 unspecified atom stereocenters. The number of amides is 2. The first-order valence-electron chi connectivity index (χ1n) is 8.32. The van der Waals surface area contributed by atoms with Gasteiger partial charge in [-0.2, -0.15) is 4.98 Å². The first-order valence-corrected chi connectivity index (χ1v) is 8.70. The number of nitrogens with one attached hydrogen (secondary N) is 2. The van der Waals surface area contributed by atoms with Crippen LogP contribution in [-0.2, 0) is 0 Å². The molecule has 7 heteroatoms. The lowest BCUT2D eigenvalue weighted by atomic mass is 10.2. The Morgan fingerprint density at radius 2 is 1.77 bits per heavy atom. The van der Waals surface area contributed by atoms with Gasteiger partial charge in [-0.15, -0.1) is 0 Å². The second-order valence-electron chi connectivity index (χ2n) is 5.92. The lowest BCUT2D eigenvalue weighted by Gasteiger charge is -2.12. The molecular formula is C19H19ClN4O2. The van der Waals surface area contributed by atoms with Crippen LogP contribution in [0.1, 0.15) is 20.3 Å². The number of anilines is 1. The molecule has 134 valence electrons. The molecule has 3 aromatic rings. The molecule has 0 bridgehead atoms. The lowest BCUT2D eigenvalue weighted by molar-refractivity contribution is 0.249. The van der Waals surface area contributed by atoms with E-state index in [1.54, 1.807) is 24.3 Å². The number of rotatable bonds is 5. The lowest BCUT2D eigenvalue weighted by Crippen LogP contribution is -2.35. The number of benzene rings is 2. The fraction of sp³-hybridized carbons (Fsp3) is 0.211. The highest BCUT2D eigenvalue weighted by Gasteiger charge is 2.11. The van der Waals surface area contributed by atoms with Crippen LogP contribution in [0, 0.1) is 0 Å². The minimum Gasteiger partial charge on any atom is -0.335 e. The Kier molecular flexibility index (Phi) is 5.53. The van der Waals surface area contributed by atoms with Crippen molar-refractivity contribution in [3.05, 3.63) is 53.6 Å². The molecule has 1 heterocycles. The number of nitrogens with zero attached hydrogens (tertiary/aromatic N) is 2. The molecular weight excluding hydrogens is 352 g/mol. The Morgan fingerprint density at radius 1 is 1.12 bits per heavy atom. The molecule has 1 aromatic heterocycles. The number of aromatic nitrogens is 2. The van der Waals surface area contributed by atoms with Crippen molar-refractivity contribution >= 4 is 23.3 Å². The van der Waals surface area contributed by atoms with Crippen LogP contribution < -0.4 is 10.6 Å². The Balaban J connectivity index is 1.69. The average Bonchev–Trinajstić information content (AvgIpc) is 3.13. The van der Waals surface area contributed by atoms with Gasteiger partial charge in [-0.05, 0) is 61.9 Å². The van der Waals surface area contributed by atoms with Gasteiger partial charge in [-0.25, -0.2) is 4.79 Å². The molecule has 0 spiro atoms. The van der Waals surface area contributed by atoms with Crippen LogP contribution in [0.15, 0.2) is 53.1 Å². The van der Waals surface area contributed by atoms with Gasteiger partial charge in [0.05, 0.1) is 0 Å². The highest BCUT2D eigenvalue weighted by atomic mass is 35.5. The first kappa shape index (κ1) is 17.9. The quantitative estimate of drug-likeness (QED) is 0.664. The van der Waals surface area contributed by atoms with Gasteiger partial charge in [-0.1, -0.05) is 23.7 Å². The van der Waals surface area contributed by atoms with Gasteiger partial charge in [0, 0.05) is 27.9 Å². The van der Waals surface area contributed by atoms with E-state index in [1.165, 1.54) is 0 Å². The van der Waals surface area contributed by atoms with Crippen molar-refractivity contribution in [1.82, 2.24) is 15.5 Å². The van der Waals surface area contributed by atoms with Crippen LogP contribution >= 0.6 is 11.6 Å². The smallest absolute Gasteiger partial charge is 0.319 e. The van der Waals surface area contributed by atoms with Gasteiger partial charge < -0.3 is 15.2 Å². The number of hydrogen-bond acceptors (Lipinski definition) is 4. The van der Waals surface area contributed by atoms with E-state index in [-0.39, 0.29) is 12.1 Å². The van der Waals surface area contributed by atoms with Crippen molar-refractivity contribution in [3.63, 3.8) is 0 Å². The number of carbonyl (C=O) groups is 1. The predicted molar refractivity (Wildman–Crippen MR) is 102 cm³/mol. The zero-order chi connectivity index (χ0) is 18.5. The molecule has 0 fully saturated rings. The van der Waals surface area contributed by atoms with E-state index in [0.29, 0.717) is 22.4 Å². The summed E-state index contributed by atoms with van der Waals surface area (Å²) in [6.07, 6.45) is 0.875. The number of halogens is 1. The maximum atomic E-state index is 11.8. The van der Waals surface area contributed by atoms with E-state index in [9.17, 15) is 4.79 Å². The molecule has 0 aliphatic heterocycles. The van der Waals surface area contributed by atoms with E-state index < -0.39 is 0 Å². The SMILES string of the molecule is CC[C@H](C)NC(=O)Nc1ccc(-c2noc(-c3ccc(Cl)cc3)n2)cc1. The monoisotopic (exact) mass is 370 g/mol. The normalized spacial score (nSPS) is 11.8. The highest BCUT2D eigenvalue weighted by Crippen LogP contribution is 2.24. The maximum absolute atomic E-state index is 11.8. The molecule has 0 aliphatic carbocycles. The Bertz CT molecular complexity index is 875. The Hall–Kier alpha value is -2.86. The fourth-order valence-corrected chi connectivity index (χ4v) is 2.37.